The minimum absolute atomic E-state index is 0. The third kappa shape index (κ3) is 2.90. The van der Waals surface area contributed by atoms with Crippen LogP contribution in [0.3, 0.4) is 0 Å². The van der Waals surface area contributed by atoms with Crippen LogP contribution < -0.4 is 2.81 Å². The molecule has 2 radical (unpaired) electrons. The normalized spacial score (nSPS) is 9.19. The van der Waals surface area contributed by atoms with Crippen LogP contribution in [0.5, 0.6) is 5.75 Å². The number of nitrogens with zero attached hydrogens (tertiary/aromatic N) is 1. The molecule has 0 aliphatic carbocycles. The van der Waals surface area contributed by atoms with Gasteiger partial charge < -0.3 is 11.0 Å². The zero-order chi connectivity index (χ0) is 10.1. The van der Waals surface area contributed by atoms with Crippen molar-refractivity contribution in [2.45, 2.75) is 0 Å². The largest absolute Gasteiger partial charge is 0.412 e. The quantitative estimate of drug-likeness (QED) is 0.509. The first-order chi connectivity index (χ1) is 6.74. The number of hydrogen-bond acceptors (Lipinski definition) is 2. The Morgan fingerprint density at radius 3 is 2.50 bits per heavy atom. The molecule has 0 amide bonds. The van der Waals surface area contributed by atoms with E-state index < -0.39 is 0 Å². The number of benzene rings is 1. The van der Waals surface area contributed by atoms with Crippen LogP contribution in [0.1, 0.15) is 0 Å². The number of aromatic nitrogens is 1. The average molecular weight is 547 g/mol. The van der Waals surface area contributed by atoms with E-state index in [0.717, 1.165) is 50.8 Å². The molecule has 1 heterocycles. The third-order valence-corrected chi connectivity index (χ3v) is 3.80. The Balaban J connectivity index is 0.00000112. The monoisotopic (exact) mass is 545 g/mol. The molecule has 0 spiro atoms. The average Bonchev–Trinajstić information content (AvgIpc) is 2.18. The van der Waals surface area contributed by atoms with E-state index in [0.29, 0.717) is 0 Å². The fraction of sp³-hybridized carbons (Fsp3) is 0. The fourth-order valence-electron chi connectivity index (χ4n) is 1.23. The van der Waals surface area contributed by atoms with E-state index in [1.807, 2.05) is 18.2 Å². The summed E-state index contributed by atoms with van der Waals surface area (Å²) in [4.78, 5) is 4.31. The zero-order valence-electron chi connectivity index (χ0n) is 7.87. The first kappa shape index (κ1) is 16.2. The summed E-state index contributed by atoms with van der Waals surface area (Å²) >= 11 is 7.80. The standard InChI is InChI=1S/C9H5Br2NO.Bi.2H2O/c10-6-4-7(11)9(13)8-5(6)2-1-3-12-8;;;/h1-4,13H;;2*1H2/q;+1;;/p-1. The van der Waals surface area contributed by atoms with E-state index in [4.69, 9.17) is 2.81 Å². The molecule has 0 saturated carbocycles. The van der Waals surface area contributed by atoms with Crippen molar-refractivity contribution in [3.8, 4) is 5.75 Å². The van der Waals surface area contributed by atoms with Crippen LogP contribution in [0, 0.1) is 0 Å². The summed E-state index contributed by atoms with van der Waals surface area (Å²) in [5.74, 6) is 0.817. The Morgan fingerprint density at radius 2 is 1.88 bits per heavy atom. The number of hydrogen-bond donors (Lipinski definition) is 0. The molecule has 86 valence electrons. The second kappa shape index (κ2) is 6.81. The molecule has 0 saturated heterocycles. The van der Waals surface area contributed by atoms with Gasteiger partial charge in [-0.1, -0.05) is 0 Å². The van der Waals surface area contributed by atoms with Gasteiger partial charge >= 0.3 is 115 Å². The first-order valence-corrected chi connectivity index (χ1v) is 6.78. The maximum absolute atomic E-state index is 5.39. The summed E-state index contributed by atoms with van der Waals surface area (Å²) in [5, 5.41) is 1.07. The van der Waals surface area contributed by atoms with Gasteiger partial charge in [0.25, 0.3) is 0 Å². The Labute approximate surface area is 125 Å². The third-order valence-electron chi connectivity index (χ3n) is 1.84. The van der Waals surface area contributed by atoms with Gasteiger partial charge in [-0.15, -0.1) is 0 Å². The van der Waals surface area contributed by atoms with Crippen molar-refractivity contribution in [2.75, 3.05) is 0 Å². The molecule has 16 heavy (non-hydrogen) atoms. The summed E-state index contributed by atoms with van der Waals surface area (Å²) < 4.78 is 7.34. The van der Waals surface area contributed by atoms with Crippen LogP contribution in [0.15, 0.2) is 33.3 Å². The molecule has 0 unspecified atom stereocenters. The summed E-state index contributed by atoms with van der Waals surface area (Å²) in [7, 11) is 0. The molecule has 1 aromatic heterocycles. The van der Waals surface area contributed by atoms with Gasteiger partial charge in [0, 0.05) is 0 Å². The molecule has 0 atom stereocenters. The van der Waals surface area contributed by atoms with E-state index in [1.165, 1.54) is 0 Å². The van der Waals surface area contributed by atoms with Gasteiger partial charge in [-0.05, 0) is 0 Å². The van der Waals surface area contributed by atoms with Gasteiger partial charge in [-0.3, -0.25) is 0 Å². The van der Waals surface area contributed by atoms with Gasteiger partial charge in [0.15, 0.2) is 0 Å². The van der Waals surface area contributed by atoms with Crippen molar-refractivity contribution < 1.29 is 13.8 Å². The minimum atomic E-state index is 0. The van der Waals surface area contributed by atoms with E-state index in [1.54, 1.807) is 6.20 Å². The maximum atomic E-state index is 5.39. The maximum Gasteiger partial charge on any atom is -0.412 e. The van der Waals surface area contributed by atoms with Crippen LogP contribution in [-0.2, 0) is 0 Å². The summed E-state index contributed by atoms with van der Waals surface area (Å²) in [6.07, 6.45) is 1.77. The van der Waals surface area contributed by atoms with Gasteiger partial charge in [0.2, 0.25) is 0 Å². The molecule has 0 fully saturated rings. The Morgan fingerprint density at radius 1 is 1.19 bits per heavy atom. The molecule has 0 aliphatic heterocycles. The smallest absolute Gasteiger partial charge is 0.412 e. The second-order valence-corrected chi connectivity index (χ2v) is 5.08. The minimum Gasteiger partial charge on any atom is -0.412 e. The summed E-state index contributed by atoms with van der Waals surface area (Å²) in [6, 6.07) is 5.90. The molecular weight excluding hydrogens is 539 g/mol. The molecular formula is C9H8BiBr2NO3. The second-order valence-electron chi connectivity index (χ2n) is 2.66. The Bertz CT molecular complexity index is 495. The number of halogens is 2. The van der Waals surface area contributed by atoms with Crippen LogP contribution in [0.2, 0.25) is 0 Å². The van der Waals surface area contributed by atoms with Crippen molar-refractivity contribution in [2.24, 2.45) is 0 Å². The van der Waals surface area contributed by atoms with E-state index >= 15 is 0 Å². The van der Waals surface area contributed by atoms with E-state index in [-0.39, 0.29) is 11.0 Å². The van der Waals surface area contributed by atoms with Gasteiger partial charge in [-0.25, -0.2) is 0 Å². The van der Waals surface area contributed by atoms with Crippen LogP contribution in [-0.4, -0.2) is 41.1 Å². The number of rotatable bonds is 1. The Kier molecular flexibility index (Phi) is 6.90. The van der Waals surface area contributed by atoms with Crippen molar-refractivity contribution in [3.63, 3.8) is 0 Å². The number of fused-ring (bicyclic) bond motifs is 1. The van der Waals surface area contributed by atoms with Gasteiger partial charge in [0.05, 0.1) is 0 Å². The van der Waals surface area contributed by atoms with Crippen molar-refractivity contribution >= 4 is 67.9 Å². The molecule has 2 aromatic rings. The van der Waals surface area contributed by atoms with Crippen molar-refractivity contribution in [1.82, 2.24) is 4.98 Å². The van der Waals surface area contributed by atoms with Gasteiger partial charge in [0.1, 0.15) is 0 Å². The molecule has 0 aliphatic rings. The van der Waals surface area contributed by atoms with Crippen LogP contribution in [0.25, 0.3) is 10.9 Å². The molecule has 7 heteroatoms. The van der Waals surface area contributed by atoms with Crippen LogP contribution >= 0.6 is 31.9 Å². The zero-order valence-corrected chi connectivity index (χ0v) is 14.5. The van der Waals surface area contributed by atoms with E-state index in [2.05, 4.69) is 36.8 Å². The molecule has 2 rings (SSSR count). The van der Waals surface area contributed by atoms with Crippen molar-refractivity contribution in [3.05, 3.63) is 33.3 Å². The van der Waals surface area contributed by atoms with Gasteiger partial charge in [-0.2, -0.15) is 0 Å². The number of pyridine rings is 1. The fourth-order valence-corrected chi connectivity index (χ4v) is 3.82. The van der Waals surface area contributed by atoms with Crippen LogP contribution in [0.4, 0.5) is 0 Å². The molecule has 4 N–H and O–H groups in total. The predicted octanol–water partition coefficient (Wildman–Crippen LogP) is 1.57. The molecule has 1 aromatic carbocycles. The molecule has 4 nitrogen and oxygen atoms in total. The SMILES string of the molecule is Brc1cc(Br)c2cccnc2c1[O][Bi].O.O. The predicted molar refractivity (Wildman–Crippen MR) is 70.8 cm³/mol. The topological polar surface area (TPSA) is 85.1 Å². The first-order valence-electron chi connectivity index (χ1n) is 3.78. The Hall–Kier alpha value is 0.193. The summed E-state index contributed by atoms with van der Waals surface area (Å²) in [6.45, 7) is 0. The van der Waals surface area contributed by atoms with E-state index in [9.17, 15) is 0 Å². The molecule has 0 bridgehead atoms. The van der Waals surface area contributed by atoms with Crippen molar-refractivity contribution in [1.29, 1.82) is 0 Å². The summed E-state index contributed by atoms with van der Waals surface area (Å²) in [5.41, 5.74) is 0.885.